The normalized spacial score (nSPS) is 13.1. The number of imidazole rings is 1. The molecule has 1 unspecified atom stereocenters. The molecule has 2 heterocycles. The minimum atomic E-state index is -4.77. The average Bonchev–Trinajstić information content (AvgIpc) is 2.98. The maximum absolute atomic E-state index is 12.4. The van der Waals surface area contributed by atoms with Crippen molar-refractivity contribution >= 4 is 22.6 Å². The molecule has 0 aliphatic heterocycles. The van der Waals surface area contributed by atoms with Gasteiger partial charge >= 0.3 is 6.36 Å². The SMILES string of the molecule is CCc1nc2c(-c3ccc(OC(F)(F)F)cc3Cl)nccc2n1C(C)CC. The maximum atomic E-state index is 12.4. The van der Waals surface area contributed by atoms with Crippen molar-refractivity contribution in [3.63, 3.8) is 0 Å². The Morgan fingerprint density at radius 3 is 2.56 bits per heavy atom. The van der Waals surface area contributed by atoms with E-state index in [0.717, 1.165) is 30.2 Å². The molecule has 0 aliphatic carbocycles. The van der Waals surface area contributed by atoms with E-state index in [0.29, 0.717) is 16.8 Å². The number of hydrogen-bond acceptors (Lipinski definition) is 3. The van der Waals surface area contributed by atoms with Crippen LogP contribution in [0.3, 0.4) is 0 Å². The van der Waals surface area contributed by atoms with Gasteiger partial charge in [0.25, 0.3) is 0 Å². The second kappa shape index (κ2) is 7.38. The van der Waals surface area contributed by atoms with Gasteiger partial charge in [0, 0.05) is 24.2 Å². The van der Waals surface area contributed by atoms with E-state index in [1.165, 1.54) is 12.1 Å². The zero-order valence-corrected chi connectivity index (χ0v) is 15.9. The number of pyridine rings is 1. The van der Waals surface area contributed by atoms with Crippen LogP contribution in [0.4, 0.5) is 13.2 Å². The molecule has 27 heavy (non-hydrogen) atoms. The van der Waals surface area contributed by atoms with Crippen LogP contribution >= 0.6 is 11.6 Å². The fourth-order valence-corrected chi connectivity index (χ4v) is 3.34. The largest absolute Gasteiger partial charge is 0.573 e. The topological polar surface area (TPSA) is 39.9 Å². The molecule has 4 nitrogen and oxygen atoms in total. The zero-order chi connectivity index (χ0) is 19.8. The molecular formula is C19H19ClF3N3O. The number of alkyl halides is 3. The van der Waals surface area contributed by atoms with Crippen LogP contribution in [0.1, 0.15) is 39.1 Å². The summed E-state index contributed by atoms with van der Waals surface area (Å²) in [4.78, 5) is 9.12. The molecule has 0 saturated carbocycles. The summed E-state index contributed by atoms with van der Waals surface area (Å²) < 4.78 is 43.3. The van der Waals surface area contributed by atoms with Gasteiger partial charge in [0.2, 0.25) is 0 Å². The number of fused-ring (bicyclic) bond motifs is 1. The number of aryl methyl sites for hydroxylation is 1. The molecule has 2 aromatic heterocycles. The summed E-state index contributed by atoms with van der Waals surface area (Å²) in [6.45, 7) is 6.26. The van der Waals surface area contributed by atoms with E-state index in [9.17, 15) is 13.2 Å². The Morgan fingerprint density at radius 2 is 1.96 bits per heavy atom. The highest BCUT2D eigenvalue weighted by atomic mass is 35.5. The molecule has 0 radical (unpaired) electrons. The van der Waals surface area contributed by atoms with Crippen LogP contribution in [0, 0.1) is 0 Å². The lowest BCUT2D eigenvalue weighted by Crippen LogP contribution is -2.17. The molecule has 0 fully saturated rings. The fourth-order valence-electron chi connectivity index (χ4n) is 3.08. The Hall–Kier alpha value is -2.28. The summed E-state index contributed by atoms with van der Waals surface area (Å²) in [5.41, 5.74) is 2.65. The van der Waals surface area contributed by atoms with Crippen LogP contribution in [0.15, 0.2) is 30.5 Å². The maximum Gasteiger partial charge on any atom is 0.573 e. The zero-order valence-electron chi connectivity index (χ0n) is 15.1. The lowest BCUT2D eigenvalue weighted by atomic mass is 10.1. The summed E-state index contributed by atoms with van der Waals surface area (Å²) in [7, 11) is 0. The van der Waals surface area contributed by atoms with Crippen LogP contribution < -0.4 is 4.74 Å². The van der Waals surface area contributed by atoms with Gasteiger partial charge < -0.3 is 9.30 Å². The number of halogens is 4. The standard InChI is InChI=1S/C19H19ClF3N3O/c1-4-11(3)26-15-8-9-24-17(18(15)25-16(26)5-2)13-7-6-12(10-14(13)20)27-19(21,22)23/h6-11H,4-5H2,1-3H3. The van der Waals surface area contributed by atoms with Gasteiger partial charge in [-0.25, -0.2) is 4.98 Å². The second-order valence-corrected chi connectivity index (χ2v) is 6.63. The van der Waals surface area contributed by atoms with E-state index in [2.05, 4.69) is 28.1 Å². The van der Waals surface area contributed by atoms with Crippen LogP contribution in [0.5, 0.6) is 5.75 Å². The molecule has 144 valence electrons. The number of benzene rings is 1. The van der Waals surface area contributed by atoms with Crippen molar-refractivity contribution in [3.8, 4) is 17.0 Å². The third kappa shape index (κ3) is 3.88. The minimum Gasteiger partial charge on any atom is -0.406 e. The summed E-state index contributed by atoms with van der Waals surface area (Å²) in [6, 6.07) is 5.99. The Bertz CT molecular complexity index is 969. The Balaban J connectivity index is 2.14. The first kappa shape index (κ1) is 19.5. The quantitative estimate of drug-likeness (QED) is 0.515. The van der Waals surface area contributed by atoms with E-state index in [1.54, 1.807) is 6.20 Å². The van der Waals surface area contributed by atoms with Gasteiger partial charge in [-0.1, -0.05) is 25.4 Å². The van der Waals surface area contributed by atoms with E-state index in [1.807, 2.05) is 13.0 Å². The van der Waals surface area contributed by atoms with E-state index in [-0.39, 0.29) is 16.8 Å². The van der Waals surface area contributed by atoms with Crippen molar-refractivity contribution in [2.24, 2.45) is 0 Å². The molecule has 1 aromatic carbocycles. The van der Waals surface area contributed by atoms with Gasteiger partial charge in [0.15, 0.2) is 0 Å². The van der Waals surface area contributed by atoms with Crippen molar-refractivity contribution in [3.05, 3.63) is 41.3 Å². The summed E-state index contributed by atoms with van der Waals surface area (Å²) in [6.07, 6.45) is -1.41. The average molecular weight is 398 g/mol. The van der Waals surface area contributed by atoms with Crippen LogP contribution in [0.2, 0.25) is 5.02 Å². The predicted octanol–water partition coefficient (Wildman–Crippen LogP) is 6.18. The molecule has 3 rings (SSSR count). The lowest BCUT2D eigenvalue weighted by molar-refractivity contribution is -0.274. The Labute approximate surface area is 159 Å². The number of ether oxygens (including phenoxy) is 1. The molecule has 0 N–H and O–H groups in total. The monoisotopic (exact) mass is 397 g/mol. The number of aromatic nitrogens is 3. The molecule has 0 saturated heterocycles. The third-order valence-electron chi connectivity index (χ3n) is 4.46. The van der Waals surface area contributed by atoms with Crippen LogP contribution in [0.25, 0.3) is 22.3 Å². The summed E-state index contributed by atoms with van der Waals surface area (Å²) in [5, 5.41) is 0.118. The number of hydrogen-bond donors (Lipinski definition) is 0. The van der Waals surface area contributed by atoms with Crippen LogP contribution in [-0.4, -0.2) is 20.9 Å². The molecule has 0 bridgehead atoms. The van der Waals surface area contributed by atoms with Gasteiger partial charge in [0.1, 0.15) is 17.1 Å². The first-order chi connectivity index (χ1) is 12.7. The summed E-state index contributed by atoms with van der Waals surface area (Å²) in [5.74, 6) is 0.560. The van der Waals surface area contributed by atoms with Gasteiger partial charge in [-0.3, -0.25) is 4.98 Å². The van der Waals surface area contributed by atoms with Gasteiger partial charge in [0.05, 0.1) is 16.2 Å². The van der Waals surface area contributed by atoms with Gasteiger partial charge in [-0.05, 0) is 37.6 Å². The first-order valence-corrected chi connectivity index (χ1v) is 9.04. The Morgan fingerprint density at radius 1 is 1.22 bits per heavy atom. The van der Waals surface area contributed by atoms with Crippen molar-refractivity contribution in [2.45, 2.75) is 46.0 Å². The first-order valence-electron chi connectivity index (χ1n) is 8.66. The van der Waals surface area contributed by atoms with Crippen LogP contribution in [-0.2, 0) is 6.42 Å². The third-order valence-corrected chi connectivity index (χ3v) is 4.77. The molecule has 0 amide bonds. The van der Waals surface area contributed by atoms with Crippen molar-refractivity contribution in [2.75, 3.05) is 0 Å². The molecule has 0 spiro atoms. The molecule has 8 heteroatoms. The minimum absolute atomic E-state index is 0.118. The molecule has 0 aliphatic rings. The highest BCUT2D eigenvalue weighted by Crippen LogP contribution is 2.36. The highest BCUT2D eigenvalue weighted by Gasteiger charge is 2.31. The van der Waals surface area contributed by atoms with Crippen molar-refractivity contribution in [1.82, 2.24) is 14.5 Å². The predicted molar refractivity (Wildman–Crippen MR) is 99.0 cm³/mol. The van der Waals surface area contributed by atoms with E-state index in [4.69, 9.17) is 16.6 Å². The number of rotatable bonds is 5. The second-order valence-electron chi connectivity index (χ2n) is 6.23. The van der Waals surface area contributed by atoms with Crippen molar-refractivity contribution in [1.29, 1.82) is 0 Å². The smallest absolute Gasteiger partial charge is 0.406 e. The molecular weight excluding hydrogens is 379 g/mol. The van der Waals surface area contributed by atoms with Gasteiger partial charge in [-0.15, -0.1) is 13.2 Å². The Kier molecular flexibility index (Phi) is 5.33. The highest BCUT2D eigenvalue weighted by molar-refractivity contribution is 6.33. The molecule has 1 atom stereocenters. The lowest BCUT2D eigenvalue weighted by Gasteiger charge is -2.15. The fraction of sp³-hybridized carbons (Fsp3) is 0.368. The van der Waals surface area contributed by atoms with E-state index < -0.39 is 6.36 Å². The summed E-state index contributed by atoms with van der Waals surface area (Å²) >= 11 is 6.24. The van der Waals surface area contributed by atoms with Gasteiger partial charge in [-0.2, -0.15) is 0 Å². The molecule has 3 aromatic rings. The number of nitrogens with zero attached hydrogens (tertiary/aromatic N) is 3. The van der Waals surface area contributed by atoms with Crippen molar-refractivity contribution < 1.29 is 17.9 Å². The van der Waals surface area contributed by atoms with E-state index >= 15 is 0 Å².